The van der Waals surface area contributed by atoms with Crippen molar-refractivity contribution in [2.75, 3.05) is 0 Å². The highest BCUT2D eigenvalue weighted by Gasteiger charge is 2.14. The first-order valence-corrected chi connectivity index (χ1v) is 9.33. The van der Waals surface area contributed by atoms with Gasteiger partial charge >= 0.3 is 5.97 Å². The van der Waals surface area contributed by atoms with Crippen LogP contribution in [0.1, 0.15) is 21.5 Å². The van der Waals surface area contributed by atoms with Gasteiger partial charge in [-0.15, -0.1) is 0 Å². The summed E-state index contributed by atoms with van der Waals surface area (Å²) >= 11 is 0. The van der Waals surface area contributed by atoms with Gasteiger partial charge in [0.15, 0.2) is 5.82 Å². The number of nitrogens with one attached hydrogen (secondary N) is 2. The number of carbonyl (C=O) groups excluding carboxylic acids is 1. The molecule has 5 rings (SSSR count). The maximum atomic E-state index is 12.5. The molecule has 0 spiro atoms. The van der Waals surface area contributed by atoms with Crippen molar-refractivity contribution in [3.63, 3.8) is 0 Å². The molecule has 0 saturated carbocycles. The van der Waals surface area contributed by atoms with Gasteiger partial charge < -0.3 is 9.72 Å². The Morgan fingerprint density at radius 1 is 1.00 bits per heavy atom. The first kappa shape index (κ1) is 17.2. The van der Waals surface area contributed by atoms with E-state index in [0.29, 0.717) is 11.4 Å². The lowest BCUT2D eigenvalue weighted by Crippen LogP contribution is -2.05. The van der Waals surface area contributed by atoms with Crippen LogP contribution in [0.25, 0.3) is 33.5 Å². The van der Waals surface area contributed by atoms with Crippen molar-refractivity contribution < 1.29 is 9.53 Å². The largest absolute Gasteiger partial charge is 0.457 e. The number of nitrogens with zero attached hydrogens (tertiary/aromatic N) is 2. The first-order valence-electron chi connectivity index (χ1n) is 9.33. The summed E-state index contributed by atoms with van der Waals surface area (Å²) in [5, 5.41) is 8.38. The predicted octanol–water partition coefficient (Wildman–Crippen LogP) is 4.77. The van der Waals surface area contributed by atoms with E-state index in [1.807, 2.05) is 61.5 Å². The zero-order valence-corrected chi connectivity index (χ0v) is 15.8. The third-order valence-corrected chi connectivity index (χ3v) is 4.90. The molecule has 2 aromatic heterocycles. The van der Waals surface area contributed by atoms with Gasteiger partial charge in [-0.1, -0.05) is 48.0 Å². The number of benzene rings is 3. The van der Waals surface area contributed by atoms with E-state index in [2.05, 4.69) is 20.2 Å². The Labute approximate surface area is 166 Å². The molecule has 6 nitrogen and oxygen atoms in total. The van der Waals surface area contributed by atoms with Crippen LogP contribution in [0.15, 0.2) is 66.7 Å². The van der Waals surface area contributed by atoms with Gasteiger partial charge in [0.25, 0.3) is 0 Å². The third-order valence-electron chi connectivity index (χ3n) is 4.90. The third kappa shape index (κ3) is 3.25. The van der Waals surface area contributed by atoms with Crippen molar-refractivity contribution in [3.05, 3.63) is 83.4 Å². The summed E-state index contributed by atoms with van der Waals surface area (Å²) in [5.41, 5.74) is 5.83. The molecular weight excluding hydrogens is 364 g/mol. The Kier molecular flexibility index (Phi) is 4.09. The molecule has 0 aliphatic heterocycles. The molecule has 142 valence electrons. The smallest absolute Gasteiger partial charge is 0.338 e. The number of aryl methyl sites for hydroxylation is 1. The molecule has 0 unspecified atom stereocenters. The van der Waals surface area contributed by atoms with Crippen molar-refractivity contribution in [3.8, 4) is 11.5 Å². The summed E-state index contributed by atoms with van der Waals surface area (Å²) < 4.78 is 5.45. The SMILES string of the molecule is Cc1ccc(COC(=O)c2ccc3nc(-c4n[nH]c5ccccc45)[nH]c3c2)cc1. The number of aromatic nitrogens is 4. The van der Waals surface area contributed by atoms with Crippen LogP contribution in [0.4, 0.5) is 0 Å². The molecule has 5 aromatic rings. The van der Waals surface area contributed by atoms with Crippen LogP contribution < -0.4 is 0 Å². The van der Waals surface area contributed by atoms with E-state index in [0.717, 1.165) is 33.2 Å². The fourth-order valence-corrected chi connectivity index (χ4v) is 3.31. The number of aromatic amines is 2. The molecule has 0 aliphatic carbocycles. The van der Waals surface area contributed by atoms with Crippen molar-refractivity contribution in [2.24, 2.45) is 0 Å². The standard InChI is InChI=1S/C23H18N4O2/c1-14-6-8-15(9-7-14)13-29-23(28)16-10-11-19-20(12-16)25-22(24-19)21-17-4-2-3-5-18(17)26-27-21/h2-12H,13H2,1H3,(H,24,25)(H,26,27). The number of para-hydroxylation sites is 1. The molecule has 6 heteroatoms. The van der Waals surface area contributed by atoms with Gasteiger partial charge in [0, 0.05) is 5.39 Å². The van der Waals surface area contributed by atoms with Crippen molar-refractivity contribution in [2.45, 2.75) is 13.5 Å². The lowest BCUT2D eigenvalue weighted by molar-refractivity contribution is 0.0473. The van der Waals surface area contributed by atoms with E-state index in [-0.39, 0.29) is 12.6 Å². The molecule has 0 fully saturated rings. The van der Waals surface area contributed by atoms with Gasteiger partial charge in [-0.3, -0.25) is 5.10 Å². The Balaban J connectivity index is 1.40. The molecule has 29 heavy (non-hydrogen) atoms. The summed E-state index contributed by atoms with van der Waals surface area (Å²) in [4.78, 5) is 20.3. The number of H-pyrrole nitrogens is 2. The van der Waals surface area contributed by atoms with Crippen molar-refractivity contribution >= 4 is 27.9 Å². The first-order chi connectivity index (χ1) is 14.2. The number of ether oxygens (including phenoxy) is 1. The predicted molar refractivity (Wildman–Crippen MR) is 111 cm³/mol. The molecule has 0 amide bonds. The lowest BCUT2D eigenvalue weighted by atomic mass is 10.1. The normalized spacial score (nSPS) is 11.2. The molecule has 2 N–H and O–H groups in total. The van der Waals surface area contributed by atoms with Crippen LogP contribution in [-0.4, -0.2) is 26.1 Å². The Hall–Kier alpha value is -3.93. The zero-order valence-electron chi connectivity index (χ0n) is 15.8. The van der Waals surface area contributed by atoms with Crippen molar-refractivity contribution in [1.82, 2.24) is 20.2 Å². The number of hydrogen-bond donors (Lipinski definition) is 2. The van der Waals surface area contributed by atoms with Gasteiger partial charge in [0.1, 0.15) is 12.3 Å². The minimum atomic E-state index is -0.367. The average Bonchev–Trinajstić information content (AvgIpc) is 3.36. The zero-order chi connectivity index (χ0) is 19.8. The van der Waals surface area contributed by atoms with E-state index in [4.69, 9.17) is 4.74 Å². The quantitative estimate of drug-likeness (QED) is 0.439. The summed E-state index contributed by atoms with van der Waals surface area (Å²) in [6.45, 7) is 2.26. The van der Waals surface area contributed by atoms with Crippen LogP contribution in [0.2, 0.25) is 0 Å². The molecule has 0 bridgehead atoms. The highest BCUT2D eigenvalue weighted by molar-refractivity contribution is 5.96. The fraction of sp³-hybridized carbons (Fsp3) is 0.0870. The van der Waals surface area contributed by atoms with Gasteiger partial charge in [0.2, 0.25) is 0 Å². The second-order valence-electron chi connectivity index (χ2n) is 7.00. The highest BCUT2D eigenvalue weighted by Crippen LogP contribution is 2.26. The van der Waals surface area contributed by atoms with Crippen LogP contribution >= 0.6 is 0 Å². The summed E-state index contributed by atoms with van der Waals surface area (Å²) in [6, 6.07) is 21.1. The Morgan fingerprint density at radius 2 is 1.83 bits per heavy atom. The van der Waals surface area contributed by atoms with E-state index in [1.54, 1.807) is 12.1 Å². The second kappa shape index (κ2) is 6.91. The minimum absolute atomic E-state index is 0.241. The van der Waals surface area contributed by atoms with Crippen LogP contribution in [0.3, 0.4) is 0 Å². The number of fused-ring (bicyclic) bond motifs is 2. The number of rotatable bonds is 4. The topological polar surface area (TPSA) is 83.7 Å². The monoisotopic (exact) mass is 382 g/mol. The number of carbonyl (C=O) groups is 1. The van der Waals surface area contributed by atoms with E-state index >= 15 is 0 Å². The highest BCUT2D eigenvalue weighted by atomic mass is 16.5. The molecule has 2 heterocycles. The van der Waals surface area contributed by atoms with E-state index < -0.39 is 0 Å². The molecule has 0 atom stereocenters. The van der Waals surface area contributed by atoms with Crippen molar-refractivity contribution in [1.29, 1.82) is 0 Å². The Morgan fingerprint density at radius 3 is 2.69 bits per heavy atom. The maximum Gasteiger partial charge on any atom is 0.338 e. The second-order valence-corrected chi connectivity index (χ2v) is 7.00. The molecule has 0 saturated heterocycles. The number of hydrogen-bond acceptors (Lipinski definition) is 4. The maximum absolute atomic E-state index is 12.5. The van der Waals surface area contributed by atoms with Gasteiger partial charge in [0.05, 0.1) is 22.1 Å². The molecule has 3 aromatic carbocycles. The number of imidazole rings is 1. The van der Waals surface area contributed by atoms with E-state index in [9.17, 15) is 4.79 Å². The fourth-order valence-electron chi connectivity index (χ4n) is 3.31. The molecular formula is C23H18N4O2. The van der Waals surface area contributed by atoms with E-state index in [1.165, 1.54) is 5.56 Å². The van der Waals surface area contributed by atoms with Crippen LogP contribution in [-0.2, 0) is 11.3 Å². The van der Waals surface area contributed by atoms with Crippen LogP contribution in [0, 0.1) is 6.92 Å². The van der Waals surface area contributed by atoms with Gasteiger partial charge in [-0.2, -0.15) is 5.10 Å². The van der Waals surface area contributed by atoms with Gasteiger partial charge in [-0.05, 0) is 36.8 Å². The number of esters is 1. The summed E-state index contributed by atoms with van der Waals surface area (Å²) in [7, 11) is 0. The summed E-state index contributed by atoms with van der Waals surface area (Å²) in [5.74, 6) is 0.288. The molecule has 0 aliphatic rings. The van der Waals surface area contributed by atoms with Crippen LogP contribution in [0.5, 0.6) is 0 Å². The average molecular weight is 382 g/mol. The Bertz CT molecular complexity index is 1330. The minimum Gasteiger partial charge on any atom is -0.457 e. The lowest BCUT2D eigenvalue weighted by Gasteiger charge is -2.05. The molecule has 0 radical (unpaired) electrons. The summed E-state index contributed by atoms with van der Waals surface area (Å²) in [6.07, 6.45) is 0. The van der Waals surface area contributed by atoms with Gasteiger partial charge in [-0.25, -0.2) is 9.78 Å².